The van der Waals surface area contributed by atoms with Crippen LogP contribution in [0.2, 0.25) is 0 Å². The highest BCUT2D eigenvalue weighted by molar-refractivity contribution is 5.91. The first-order valence-electron chi connectivity index (χ1n) is 5.79. The van der Waals surface area contributed by atoms with Gasteiger partial charge in [0.25, 0.3) is 0 Å². The van der Waals surface area contributed by atoms with Crippen LogP contribution in [0.25, 0.3) is 0 Å². The number of hydrogen-bond acceptors (Lipinski definition) is 3. The van der Waals surface area contributed by atoms with E-state index in [4.69, 9.17) is 10.6 Å². The first kappa shape index (κ1) is 12.6. The number of hydroxylamine groups is 2. The number of carbonyl (C=O) groups is 2. The summed E-state index contributed by atoms with van der Waals surface area (Å²) in [6, 6.07) is -1.12. The Bertz CT molecular complexity index is 444. The highest BCUT2D eigenvalue weighted by Gasteiger charge is 2.49. The molecule has 2 N–H and O–H groups in total. The van der Waals surface area contributed by atoms with Crippen LogP contribution in [0.4, 0.5) is 4.79 Å². The Balaban J connectivity index is 2.34. The third-order valence-electron chi connectivity index (χ3n) is 3.53. The number of hydrogen-bond donors (Lipinski definition) is 1. The number of urea groups is 1. The summed E-state index contributed by atoms with van der Waals surface area (Å²) >= 11 is 0. The minimum Gasteiger partial charge on any atom is -0.368 e. The molecule has 0 aromatic heterocycles. The number of nitrogens with two attached hydrogens (primary N) is 1. The van der Waals surface area contributed by atoms with Gasteiger partial charge in [0.2, 0.25) is 5.91 Å². The number of carbonyl (C=O) groups excluding carboxylic acids is 2. The predicted octanol–water partition coefficient (Wildman–Crippen LogP) is 0.414. The van der Waals surface area contributed by atoms with Gasteiger partial charge in [-0.2, -0.15) is 5.06 Å². The molecule has 0 aromatic rings. The molecule has 18 heavy (non-hydrogen) atoms. The average Bonchev–Trinajstić information content (AvgIpc) is 2.59. The maximum Gasteiger partial charge on any atom is 0.345 e. The highest BCUT2D eigenvalue weighted by atomic mass is 16.7. The lowest BCUT2D eigenvalue weighted by Gasteiger charge is -2.30. The molecule has 0 aliphatic carbocycles. The van der Waals surface area contributed by atoms with Crippen molar-refractivity contribution in [2.75, 3.05) is 13.2 Å². The topological polar surface area (TPSA) is 75.9 Å². The summed E-state index contributed by atoms with van der Waals surface area (Å²) in [5.41, 5.74) is 7.16. The van der Waals surface area contributed by atoms with Crippen molar-refractivity contribution in [3.8, 4) is 0 Å². The Labute approximate surface area is 106 Å². The third-order valence-corrected chi connectivity index (χ3v) is 3.53. The molecule has 2 heterocycles. The first-order chi connectivity index (χ1) is 8.49. The van der Waals surface area contributed by atoms with E-state index in [1.807, 2.05) is 13.8 Å². The van der Waals surface area contributed by atoms with Crippen molar-refractivity contribution in [1.29, 1.82) is 0 Å². The maximum absolute atomic E-state index is 12.2. The van der Waals surface area contributed by atoms with Crippen molar-refractivity contribution >= 4 is 11.9 Å². The van der Waals surface area contributed by atoms with Crippen LogP contribution in [0.5, 0.6) is 0 Å². The second-order valence-corrected chi connectivity index (χ2v) is 4.53. The monoisotopic (exact) mass is 251 g/mol. The van der Waals surface area contributed by atoms with Crippen LogP contribution >= 0.6 is 0 Å². The van der Waals surface area contributed by atoms with Crippen molar-refractivity contribution < 1.29 is 14.4 Å². The fourth-order valence-corrected chi connectivity index (χ4v) is 2.48. The van der Waals surface area contributed by atoms with Crippen LogP contribution in [-0.4, -0.2) is 47.1 Å². The lowest BCUT2D eigenvalue weighted by molar-refractivity contribution is -0.121. The molecule has 6 heteroatoms. The fraction of sp³-hybridized carbons (Fsp3) is 0.500. The maximum atomic E-state index is 12.2. The van der Waals surface area contributed by atoms with Crippen LogP contribution in [-0.2, 0) is 9.63 Å². The second-order valence-electron chi connectivity index (χ2n) is 4.53. The van der Waals surface area contributed by atoms with Crippen molar-refractivity contribution in [2.45, 2.75) is 25.9 Å². The number of fused-ring (bicyclic) bond motifs is 2. The molecule has 0 radical (unpaired) electrons. The van der Waals surface area contributed by atoms with Crippen LogP contribution < -0.4 is 5.73 Å². The second kappa shape index (κ2) is 4.45. The van der Waals surface area contributed by atoms with E-state index in [9.17, 15) is 9.59 Å². The van der Waals surface area contributed by atoms with Gasteiger partial charge in [0, 0.05) is 0 Å². The molecule has 98 valence electrons. The van der Waals surface area contributed by atoms with Gasteiger partial charge in [0.15, 0.2) is 0 Å². The highest BCUT2D eigenvalue weighted by Crippen LogP contribution is 2.33. The lowest BCUT2D eigenvalue weighted by Crippen LogP contribution is -2.48. The zero-order valence-electron chi connectivity index (χ0n) is 10.5. The molecule has 0 saturated carbocycles. The van der Waals surface area contributed by atoms with Crippen LogP contribution in [0.3, 0.4) is 0 Å². The number of amides is 3. The summed E-state index contributed by atoms with van der Waals surface area (Å²) in [6.07, 6.45) is 1.57. The molecule has 2 aliphatic heterocycles. The summed E-state index contributed by atoms with van der Waals surface area (Å²) in [5, 5.41) is 1.31. The Hall–Kier alpha value is -1.82. The quantitative estimate of drug-likeness (QED) is 0.735. The van der Waals surface area contributed by atoms with E-state index >= 15 is 0 Å². The van der Waals surface area contributed by atoms with E-state index in [1.54, 1.807) is 6.08 Å². The van der Waals surface area contributed by atoms with Gasteiger partial charge in [0.05, 0.1) is 13.2 Å². The van der Waals surface area contributed by atoms with E-state index < -0.39 is 11.9 Å². The van der Waals surface area contributed by atoms with E-state index in [1.165, 1.54) is 9.96 Å². The Morgan fingerprint density at radius 2 is 2.22 bits per heavy atom. The molecule has 2 rings (SSSR count). The number of primary amides is 1. The SMILES string of the molecule is C=CCON1C(=O)N2C[C@H]1C(C)=C(C)[C@H]2C(N)=O. The molecule has 1 saturated heterocycles. The summed E-state index contributed by atoms with van der Waals surface area (Å²) in [5.74, 6) is -0.510. The summed E-state index contributed by atoms with van der Waals surface area (Å²) in [4.78, 5) is 30.5. The van der Waals surface area contributed by atoms with E-state index in [2.05, 4.69) is 6.58 Å². The van der Waals surface area contributed by atoms with Gasteiger partial charge in [-0.3, -0.25) is 9.63 Å². The zero-order chi connectivity index (χ0) is 13.4. The summed E-state index contributed by atoms with van der Waals surface area (Å²) in [6.45, 7) is 7.96. The molecule has 3 amide bonds. The zero-order valence-corrected chi connectivity index (χ0v) is 10.5. The van der Waals surface area contributed by atoms with E-state index in [-0.39, 0.29) is 18.7 Å². The Morgan fingerprint density at radius 1 is 1.56 bits per heavy atom. The van der Waals surface area contributed by atoms with Crippen molar-refractivity contribution in [2.24, 2.45) is 5.73 Å². The lowest BCUT2D eigenvalue weighted by atomic mass is 9.93. The number of nitrogens with zero attached hydrogens (tertiary/aromatic N) is 2. The molecule has 2 bridgehead atoms. The summed E-state index contributed by atoms with van der Waals surface area (Å²) in [7, 11) is 0. The standard InChI is InChI=1S/C12H17N3O3/c1-4-5-18-15-9-6-14(12(15)17)10(11(13)16)8(3)7(9)2/h4,9-10H,1,5-6H2,2-3H3,(H2,13,16)/t9-,10-/m0/s1. The third kappa shape index (κ3) is 1.69. The molecule has 0 spiro atoms. The normalized spacial score (nSPS) is 26.9. The number of rotatable bonds is 4. The molecule has 0 unspecified atom stereocenters. The molecular weight excluding hydrogens is 234 g/mol. The van der Waals surface area contributed by atoms with Crippen molar-refractivity contribution in [3.05, 3.63) is 23.8 Å². The molecule has 0 aromatic carbocycles. The predicted molar refractivity (Wildman–Crippen MR) is 65.2 cm³/mol. The Kier molecular flexibility index (Phi) is 3.13. The summed E-state index contributed by atoms with van der Waals surface area (Å²) < 4.78 is 0. The van der Waals surface area contributed by atoms with Gasteiger partial charge in [-0.25, -0.2) is 4.79 Å². The minimum atomic E-state index is -0.661. The van der Waals surface area contributed by atoms with Gasteiger partial charge in [-0.05, 0) is 25.0 Å². The van der Waals surface area contributed by atoms with Gasteiger partial charge >= 0.3 is 6.03 Å². The average molecular weight is 251 g/mol. The molecule has 6 nitrogen and oxygen atoms in total. The van der Waals surface area contributed by atoms with Crippen molar-refractivity contribution in [3.63, 3.8) is 0 Å². The Morgan fingerprint density at radius 3 is 2.78 bits per heavy atom. The largest absolute Gasteiger partial charge is 0.368 e. The molecule has 2 atom stereocenters. The van der Waals surface area contributed by atoms with Gasteiger partial charge < -0.3 is 10.6 Å². The fourth-order valence-electron chi connectivity index (χ4n) is 2.48. The van der Waals surface area contributed by atoms with Gasteiger partial charge in [0.1, 0.15) is 12.1 Å². The van der Waals surface area contributed by atoms with Crippen LogP contribution in [0.15, 0.2) is 23.8 Å². The van der Waals surface area contributed by atoms with E-state index in [0.717, 1.165) is 11.1 Å². The minimum absolute atomic E-state index is 0.145. The molecule has 2 aliphatic rings. The van der Waals surface area contributed by atoms with Gasteiger partial charge in [-0.15, -0.1) is 6.58 Å². The van der Waals surface area contributed by atoms with Gasteiger partial charge in [-0.1, -0.05) is 6.08 Å². The smallest absolute Gasteiger partial charge is 0.345 e. The molecular formula is C12H17N3O3. The van der Waals surface area contributed by atoms with E-state index in [0.29, 0.717) is 6.54 Å². The molecule has 1 fully saturated rings. The van der Waals surface area contributed by atoms with Crippen molar-refractivity contribution in [1.82, 2.24) is 9.96 Å². The van der Waals surface area contributed by atoms with Crippen LogP contribution in [0.1, 0.15) is 13.8 Å². The van der Waals surface area contributed by atoms with Crippen LogP contribution in [0, 0.1) is 0 Å². The first-order valence-corrected chi connectivity index (χ1v) is 5.79.